The summed E-state index contributed by atoms with van der Waals surface area (Å²) >= 11 is 3.45. The second-order valence-electron chi connectivity index (χ2n) is 8.30. The van der Waals surface area contributed by atoms with Gasteiger partial charge in [0.25, 0.3) is 10.0 Å². The highest BCUT2D eigenvalue weighted by Gasteiger charge is 2.28. The number of benzene rings is 3. The van der Waals surface area contributed by atoms with Crippen LogP contribution in [0.4, 0.5) is 5.69 Å². The van der Waals surface area contributed by atoms with Crippen molar-refractivity contribution in [3.8, 4) is 0 Å². The molecule has 3 aromatic carbocycles. The van der Waals surface area contributed by atoms with Gasteiger partial charge in [0.1, 0.15) is 0 Å². The number of carbonyl (C=O) groups excluding carboxylic acids is 1. The van der Waals surface area contributed by atoms with Crippen molar-refractivity contribution in [2.24, 2.45) is 0 Å². The Morgan fingerprint density at radius 1 is 1.06 bits per heavy atom. The highest BCUT2D eigenvalue weighted by molar-refractivity contribution is 9.10. The number of rotatable bonds is 7. The summed E-state index contributed by atoms with van der Waals surface area (Å²) in [6.07, 6.45) is 2.58. The van der Waals surface area contributed by atoms with E-state index in [-0.39, 0.29) is 16.8 Å². The number of hydrogen-bond donors (Lipinski definition) is 1. The first kappa shape index (κ1) is 23.5. The monoisotopic (exact) mass is 526 g/mol. The maximum Gasteiger partial charge on any atom is 0.264 e. The number of aryl methyl sites for hydroxylation is 2. The minimum absolute atomic E-state index is 0.0379. The van der Waals surface area contributed by atoms with Crippen LogP contribution in [0.3, 0.4) is 0 Å². The predicted octanol–water partition coefficient (Wildman–Crippen LogP) is 5.40. The predicted molar refractivity (Wildman–Crippen MR) is 135 cm³/mol. The maximum atomic E-state index is 13.3. The number of carbonyl (C=O) groups is 1. The SMILES string of the molecule is C[C@@H](NC(=O)CCc1ccc(S(=O)(=O)N2CCCc3ccccc32)cc1)c1cccc(Br)c1. The number of amides is 1. The summed E-state index contributed by atoms with van der Waals surface area (Å²) in [5.74, 6) is -0.0379. The Morgan fingerprint density at radius 2 is 1.82 bits per heavy atom. The molecule has 0 radical (unpaired) electrons. The van der Waals surface area contributed by atoms with Gasteiger partial charge in [0, 0.05) is 17.4 Å². The molecule has 1 aliphatic heterocycles. The minimum Gasteiger partial charge on any atom is -0.350 e. The zero-order valence-electron chi connectivity index (χ0n) is 18.5. The van der Waals surface area contributed by atoms with E-state index in [2.05, 4.69) is 21.2 Å². The molecule has 7 heteroatoms. The third-order valence-electron chi connectivity index (χ3n) is 5.95. The second-order valence-corrected chi connectivity index (χ2v) is 11.1. The van der Waals surface area contributed by atoms with E-state index < -0.39 is 10.0 Å². The summed E-state index contributed by atoms with van der Waals surface area (Å²) < 4.78 is 29.0. The molecule has 33 heavy (non-hydrogen) atoms. The molecular weight excluding hydrogens is 500 g/mol. The number of nitrogens with one attached hydrogen (secondary N) is 1. The lowest BCUT2D eigenvalue weighted by atomic mass is 10.0. The van der Waals surface area contributed by atoms with Gasteiger partial charge < -0.3 is 5.32 Å². The van der Waals surface area contributed by atoms with Crippen LogP contribution in [0, 0.1) is 0 Å². The maximum absolute atomic E-state index is 13.3. The fourth-order valence-corrected chi connectivity index (χ4v) is 6.09. The topological polar surface area (TPSA) is 66.5 Å². The van der Waals surface area contributed by atoms with Crippen molar-refractivity contribution in [3.05, 3.63) is 94.0 Å². The van der Waals surface area contributed by atoms with E-state index in [9.17, 15) is 13.2 Å². The zero-order chi connectivity index (χ0) is 23.4. The molecule has 0 saturated heterocycles. The van der Waals surface area contributed by atoms with Gasteiger partial charge in [0.2, 0.25) is 5.91 Å². The molecule has 1 amide bonds. The molecule has 1 N–H and O–H groups in total. The fourth-order valence-electron chi connectivity index (χ4n) is 4.13. The van der Waals surface area contributed by atoms with Gasteiger partial charge >= 0.3 is 0 Å². The van der Waals surface area contributed by atoms with E-state index in [1.165, 1.54) is 4.31 Å². The van der Waals surface area contributed by atoms with Gasteiger partial charge in [-0.3, -0.25) is 9.10 Å². The van der Waals surface area contributed by atoms with Crippen molar-refractivity contribution in [2.75, 3.05) is 10.8 Å². The number of nitrogens with zero attached hydrogens (tertiary/aromatic N) is 1. The van der Waals surface area contributed by atoms with E-state index >= 15 is 0 Å². The first-order valence-electron chi connectivity index (χ1n) is 11.1. The van der Waals surface area contributed by atoms with Crippen molar-refractivity contribution in [1.29, 1.82) is 0 Å². The minimum atomic E-state index is -3.62. The quantitative estimate of drug-likeness (QED) is 0.448. The average molecular weight is 527 g/mol. The van der Waals surface area contributed by atoms with Crippen LogP contribution in [-0.2, 0) is 27.7 Å². The molecule has 5 nitrogen and oxygen atoms in total. The number of sulfonamides is 1. The Hall–Kier alpha value is -2.64. The summed E-state index contributed by atoms with van der Waals surface area (Å²) in [5, 5.41) is 3.02. The van der Waals surface area contributed by atoms with Gasteiger partial charge in [0.05, 0.1) is 16.6 Å². The van der Waals surface area contributed by atoms with Crippen LogP contribution in [0.2, 0.25) is 0 Å². The summed E-state index contributed by atoms with van der Waals surface area (Å²) in [7, 11) is -3.62. The Labute approximate surface area is 204 Å². The Kier molecular flexibility index (Phi) is 7.20. The van der Waals surface area contributed by atoms with Crippen molar-refractivity contribution >= 4 is 37.5 Å². The molecule has 0 unspecified atom stereocenters. The number of hydrogen-bond acceptors (Lipinski definition) is 3. The first-order chi connectivity index (χ1) is 15.8. The first-order valence-corrected chi connectivity index (χ1v) is 13.3. The second kappa shape index (κ2) is 10.1. The van der Waals surface area contributed by atoms with Crippen LogP contribution in [0.5, 0.6) is 0 Å². The molecule has 0 spiro atoms. The lowest BCUT2D eigenvalue weighted by Crippen LogP contribution is -2.35. The molecule has 172 valence electrons. The lowest BCUT2D eigenvalue weighted by molar-refractivity contribution is -0.121. The molecule has 0 aliphatic carbocycles. The number of fused-ring (bicyclic) bond motifs is 1. The highest BCUT2D eigenvalue weighted by atomic mass is 79.9. The average Bonchev–Trinajstić information content (AvgIpc) is 2.82. The molecule has 1 heterocycles. The highest BCUT2D eigenvalue weighted by Crippen LogP contribution is 2.31. The normalized spacial score (nSPS) is 14.4. The summed E-state index contributed by atoms with van der Waals surface area (Å²) in [5.41, 5.74) is 3.79. The molecule has 1 aliphatic rings. The summed E-state index contributed by atoms with van der Waals surface area (Å²) in [6.45, 7) is 2.44. The van der Waals surface area contributed by atoms with Gasteiger partial charge in [-0.1, -0.05) is 58.4 Å². The molecule has 4 rings (SSSR count). The van der Waals surface area contributed by atoms with Crippen molar-refractivity contribution < 1.29 is 13.2 Å². The van der Waals surface area contributed by atoms with Crippen molar-refractivity contribution in [2.45, 2.75) is 43.5 Å². The van der Waals surface area contributed by atoms with Gasteiger partial charge in [-0.15, -0.1) is 0 Å². The van der Waals surface area contributed by atoms with Crippen LogP contribution in [-0.4, -0.2) is 20.9 Å². The number of halogens is 1. The van der Waals surface area contributed by atoms with Crippen molar-refractivity contribution in [3.63, 3.8) is 0 Å². The fraction of sp³-hybridized carbons (Fsp3) is 0.269. The molecule has 0 saturated carbocycles. The van der Waals surface area contributed by atoms with E-state index in [1.54, 1.807) is 24.3 Å². The molecule has 3 aromatic rings. The van der Waals surface area contributed by atoms with Crippen LogP contribution in [0.25, 0.3) is 0 Å². The summed E-state index contributed by atoms with van der Waals surface area (Å²) in [4.78, 5) is 12.7. The third-order valence-corrected chi connectivity index (χ3v) is 8.27. The van der Waals surface area contributed by atoms with E-state index in [0.717, 1.165) is 39.7 Å². The standard InChI is InChI=1S/C26H27BrN2O3S/c1-19(22-7-4-9-23(27)18-22)28-26(30)16-13-20-11-14-24(15-12-20)33(31,32)29-17-5-8-21-6-2-3-10-25(21)29/h2-4,6-7,9-12,14-15,18-19H,5,8,13,16-17H2,1H3,(H,28,30)/t19-/m1/s1. The Bertz CT molecular complexity index is 1240. The Morgan fingerprint density at radius 3 is 2.58 bits per heavy atom. The van der Waals surface area contributed by atoms with E-state index in [4.69, 9.17) is 0 Å². The summed E-state index contributed by atoms with van der Waals surface area (Å²) in [6, 6.07) is 22.3. The molecule has 0 fully saturated rings. The van der Waals surface area contributed by atoms with Gasteiger partial charge in [0.15, 0.2) is 0 Å². The molecule has 1 atom stereocenters. The third kappa shape index (κ3) is 5.47. The van der Waals surface area contributed by atoms with Gasteiger partial charge in [-0.25, -0.2) is 8.42 Å². The largest absolute Gasteiger partial charge is 0.350 e. The number of anilines is 1. The van der Waals surface area contributed by atoms with Crippen LogP contribution >= 0.6 is 15.9 Å². The van der Waals surface area contributed by atoms with E-state index in [1.807, 2.05) is 55.5 Å². The lowest BCUT2D eigenvalue weighted by Gasteiger charge is -2.30. The zero-order valence-corrected chi connectivity index (χ0v) is 20.9. The van der Waals surface area contributed by atoms with Crippen molar-refractivity contribution in [1.82, 2.24) is 5.32 Å². The molecular formula is C26H27BrN2O3S. The van der Waals surface area contributed by atoms with Gasteiger partial charge in [-0.2, -0.15) is 0 Å². The van der Waals surface area contributed by atoms with Crippen LogP contribution in [0.15, 0.2) is 82.2 Å². The smallest absolute Gasteiger partial charge is 0.264 e. The van der Waals surface area contributed by atoms with Crippen LogP contribution in [0.1, 0.15) is 42.5 Å². The van der Waals surface area contributed by atoms with E-state index in [0.29, 0.717) is 19.4 Å². The number of para-hydroxylation sites is 1. The van der Waals surface area contributed by atoms with Gasteiger partial charge in [-0.05, 0) is 73.2 Å². The molecule has 0 aromatic heterocycles. The van der Waals surface area contributed by atoms with Crippen LogP contribution < -0.4 is 9.62 Å². The Balaban J connectivity index is 1.38. The molecule has 0 bridgehead atoms.